The highest BCUT2D eigenvalue weighted by Crippen LogP contribution is 2.42. The van der Waals surface area contributed by atoms with E-state index in [-0.39, 0.29) is 11.4 Å². The number of alkyl halides is 1. The van der Waals surface area contributed by atoms with Crippen molar-refractivity contribution in [2.75, 3.05) is 32.5 Å². The third-order valence-corrected chi connectivity index (χ3v) is 8.59. The van der Waals surface area contributed by atoms with E-state index in [9.17, 15) is 10.0 Å². The van der Waals surface area contributed by atoms with Crippen molar-refractivity contribution in [1.82, 2.24) is 20.3 Å². The van der Waals surface area contributed by atoms with Crippen molar-refractivity contribution < 1.29 is 19.1 Å². The number of amides is 1. The normalized spacial score (nSPS) is 16.4. The smallest absolute Gasteiger partial charge is 0.249 e. The lowest BCUT2D eigenvalue weighted by molar-refractivity contribution is -0.143. The summed E-state index contributed by atoms with van der Waals surface area (Å²) < 4.78 is 21.0. The quantitative estimate of drug-likeness (QED) is 0.135. The molecule has 1 aromatic carbocycles. The Kier molecular flexibility index (Phi) is 9.59. The zero-order valence-electron chi connectivity index (χ0n) is 20.8. The van der Waals surface area contributed by atoms with Crippen molar-refractivity contribution in [2.24, 2.45) is 5.41 Å². The molecular formula is C27H32ClFN4O3S. The Morgan fingerprint density at radius 3 is 2.76 bits per heavy atom. The summed E-state index contributed by atoms with van der Waals surface area (Å²) >= 11 is 8.19. The van der Waals surface area contributed by atoms with Crippen molar-refractivity contribution in [3.63, 3.8) is 0 Å². The number of hydrogen-bond acceptors (Lipinski definition) is 7. The van der Waals surface area contributed by atoms with Crippen LogP contribution >= 0.6 is 23.4 Å². The van der Waals surface area contributed by atoms with Crippen molar-refractivity contribution in [1.29, 1.82) is 0 Å². The fraction of sp³-hybridized carbons (Fsp3) is 0.444. The molecule has 1 amide bonds. The van der Waals surface area contributed by atoms with Crippen LogP contribution in [0.2, 0.25) is 5.02 Å². The van der Waals surface area contributed by atoms with Crippen molar-refractivity contribution in [3.8, 4) is 5.75 Å². The number of aromatic nitrogens is 2. The number of benzene rings is 1. The highest BCUT2D eigenvalue weighted by atomic mass is 35.5. The first kappa shape index (κ1) is 27.6. The first-order valence-electron chi connectivity index (χ1n) is 12.4. The second kappa shape index (κ2) is 12.9. The first-order valence-corrected chi connectivity index (χ1v) is 13.8. The van der Waals surface area contributed by atoms with Crippen LogP contribution in [0.4, 0.5) is 4.39 Å². The number of hydrogen-bond donors (Lipinski definition) is 2. The van der Waals surface area contributed by atoms with Crippen molar-refractivity contribution in [2.45, 2.75) is 43.2 Å². The molecule has 1 unspecified atom stereocenters. The number of pyridine rings is 2. The minimum atomic E-state index is -1.39. The molecule has 37 heavy (non-hydrogen) atoms. The average molecular weight is 547 g/mol. The number of likely N-dealkylation sites (tertiary alicyclic amines) is 1. The van der Waals surface area contributed by atoms with E-state index in [1.165, 1.54) is 11.1 Å². The van der Waals surface area contributed by atoms with Crippen LogP contribution in [0.15, 0.2) is 53.8 Å². The van der Waals surface area contributed by atoms with E-state index in [4.69, 9.17) is 16.3 Å². The van der Waals surface area contributed by atoms with Crippen LogP contribution in [0.25, 0.3) is 10.9 Å². The molecule has 3 heterocycles. The molecule has 4 rings (SSSR count). The van der Waals surface area contributed by atoms with Gasteiger partial charge in [-0.2, -0.15) is 0 Å². The number of carbonyl (C=O) groups excluding carboxylic acids is 1. The van der Waals surface area contributed by atoms with E-state index in [0.29, 0.717) is 41.5 Å². The van der Waals surface area contributed by atoms with Gasteiger partial charge in [0.15, 0.2) is 0 Å². The van der Waals surface area contributed by atoms with Crippen LogP contribution in [-0.4, -0.2) is 58.5 Å². The number of carbonyl (C=O) groups is 1. The maximum atomic E-state index is 15.7. The summed E-state index contributed by atoms with van der Waals surface area (Å²) in [5.74, 6) is 1.14. The predicted octanol–water partition coefficient (Wildman–Crippen LogP) is 5.85. The Bertz CT molecular complexity index is 1190. The Labute approximate surface area is 225 Å². The number of piperidine rings is 1. The average Bonchev–Trinajstić information content (AvgIpc) is 2.94. The molecule has 2 aromatic heterocycles. The van der Waals surface area contributed by atoms with Gasteiger partial charge in [-0.1, -0.05) is 11.6 Å². The fourth-order valence-corrected chi connectivity index (χ4v) is 6.08. The van der Waals surface area contributed by atoms with Gasteiger partial charge in [-0.05, 0) is 87.8 Å². The molecule has 3 aromatic rings. The number of methoxy groups -OCH3 is 1. The van der Waals surface area contributed by atoms with E-state index in [0.717, 1.165) is 31.8 Å². The number of ether oxygens (including phenoxy) is 1. The topological polar surface area (TPSA) is 87.6 Å². The van der Waals surface area contributed by atoms with Gasteiger partial charge in [0.05, 0.1) is 23.1 Å². The lowest BCUT2D eigenvalue weighted by Gasteiger charge is -2.40. The molecule has 0 radical (unpaired) electrons. The minimum Gasteiger partial charge on any atom is -0.497 e. The number of hydroxylamine groups is 1. The van der Waals surface area contributed by atoms with Gasteiger partial charge in [0.1, 0.15) is 11.9 Å². The number of fused-ring (bicyclic) bond motifs is 1. The molecule has 10 heteroatoms. The SMILES string of the molecule is COc1ccc2ncc(Cl)c(C(F)CCC3(C(=O)NO)CCN(CCCSc4ccncc4)CC3)c2c1. The van der Waals surface area contributed by atoms with Crippen LogP contribution in [0.1, 0.15) is 43.8 Å². The summed E-state index contributed by atoms with van der Waals surface area (Å²) in [6.07, 6.45) is 6.20. The molecule has 1 fully saturated rings. The second-order valence-electron chi connectivity index (χ2n) is 9.36. The van der Waals surface area contributed by atoms with Crippen LogP contribution in [-0.2, 0) is 4.79 Å². The Morgan fingerprint density at radius 2 is 2.05 bits per heavy atom. The van der Waals surface area contributed by atoms with Gasteiger partial charge in [-0.15, -0.1) is 11.8 Å². The molecule has 198 valence electrons. The van der Waals surface area contributed by atoms with E-state index in [1.54, 1.807) is 49.5 Å². The summed E-state index contributed by atoms with van der Waals surface area (Å²) in [5, 5.41) is 10.3. The summed E-state index contributed by atoms with van der Waals surface area (Å²) in [7, 11) is 1.55. The summed E-state index contributed by atoms with van der Waals surface area (Å²) in [6, 6.07) is 9.28. The molecule has 0 bridgehead atoms. The maximum Gasteiger partial charge on any atom is 0.249 e. The molecule has 0 saturated carbocycles. The highest BCUT2D eigenvalue weighted by molar-refractivity contribution is 7.99. The van der Waals surface area contributed by atoms with Crippen molar-refractivity contribution >= 4 is 40.2 Å². The van der Waals surface area contributed by atoms with Gasteiger partial charge in [-0.25, -0.2) is 9.87 Å². The molecule has 1 atom stereocenters. The van der Waals surface area contributed by atoms with Crippen LogP contribution in [0.3, 0.4) is 0 Å². The molecular weight excluding hydrogens is 515 g/mol. The predicted molar refractivity (Wildman–Crippen MR) is 144 cm³/mol. The number of nitrogens with one attached hydrogen (secondary N) is 1. The molecule has 2 N–H and O–H groups in total. The number of nitrogens with zero attached hydrogens (tertiary/aromatic N) is 3. The summed E-state index contributed by atoms with van der Waals surface area (Å²) in [5.41, 5.74) is 2.00. The van der Waals surface area contributed by atoms with Gasteiger partial charge >= 0.3 is 0 Å². The van der Waals surface area contributed by atoms with Crippen LogP contribution in [0.5, 0.6) is 5.75 Å². The molecule has 0 aliphatic carbocycles. The second-order valence-corrected chi connectivity index (χ2v) is 10.9. The number of halogens is 2. The third-order valence-electron chi connectivity index (χ3n) is 7.19. The monoisotopic (exact) mass is 546 g/mol. The summed E-state index contributed by atoms with van der Waals surface area (Å²) in [4.78, 5) is 24.6. The van der Waals surface area contributed by atoms with Gasteiger partial charge in [-0.3, -0.25) is 20.0 Å². The highest BCUT2D eigenvalue weighted by Gasteiger charge is 2.41. The molecule has 1 saturated heterocycles. The Hall–Kier alpha value is -2.46. The first-order chi connectivity index (χ1) is 18.0. The Morgan fingerprint density at radius 1 is 1.30 bits per heavy atom. The van der Waals surface area contributed by atoms with E-state index in [1.807, 2.05) is 17.6 Å². The molecule has 0 spiro atoms. The maximum absolute atomic E-state index is 15.7. The van der Waals surface area contributed by atoms with Gasteiger partial charge in [0.25, 0.3) is 0 Å². The number of rotatable bonds is 11. The van der Waals surface area contributed by atoms with E-state index < -0.39 is 17.5 Å². The molecule has 1 aliphatic rings. The number of thioether (sulfide) groups is 1. The van der Waals surface area contributed by atoms with Gasteiger partial charge in [0, 0.05) is 34.4 Å². The zero-order chi connectivity index (χ0) is 26.3. The molecule has 7 nitrogen and oxygen atoms in total. The van der Waals surface area contributed by atoms with E-state index >= 15 is 4.39 Å². The fourth-order valence-electron chi connectivity index (χ4n) is 4.99. The van der Waals surface area contributed by atoms with Crippen LogP contribution in [0, 0.1) is 5.41 Å². The van der Waals surface area contributed by atoms with Crippen molar-refractivity contribution in [3.05, 3.63) is 59.5 Å². The Balaban J connectivity index is 1.36. The standard InChI is InChI=1S/C27H32ClFN4O3S/c1-36-19-3-4-24-21(17-19)25(22(28)18-31-24)23(29)5-8-27(26(34)32-35)9-14-33(15-10-27)13-2-16-37-20-6-11-30-12-7-20/h3-4,6-7,11-12,17-18,23,35H,2,5,8-10,13-16H2,1H3,(H,32,34). The zero-order valence-corrected chi connectivity index (χ0v) is 22.4. The largest absolute Gasteiger partial charge is 0.497 e. The van der Waals surface area contributed by atoms with E-state index in [2.05, 4.69) is 14.9 Å². The molecule has 1 aliphatic heterocycles. The van der Waals surface area contributed by atoms with Crippen LogP contribution < -0.4 is 10.2 Å². The van der Waals surface area contributed by atoms with Gasteiger partial charge in [0.2, 0.25) is 5.91 Å². The summed E-state index contributed by atoms with van der Waals surface area (Å²) in [6.45, 7) is 2.38. The third kappa shape index (κ3) is 6.71. The van der Waals surface area contributed by atoms with Gasteiger partial charge < -0.3 is 9.64 Å². The minimum absolute atomic E-state index is 0.103. The lowest BCUT2D eigenvalue weighted by Crippen LogP contribution is -2.48. The lowest BCUT2D eigenvalue weighted by atomic mass is 9.73.